The summed E-state index contributed by atoms with van der Waals surface area (Å²) in [6, 6.07) is 0. The molecule has 260 valence electrons. The largest absolute Gasteiger partial charge is 0.462 e. The van der Waals surface area contributed by atoms with Crippen LogP contribution in [0, 0.1) is 46.3 Å². The van der Waals surface area contributed by atoms with Gasteiger partial charge in [0.05, 0.1) is 11.9 Å². The standard InChI is InChI=1S/C36H62O8S/c1-9-11-31(37)42-25-17-19-34(5)24(21-25)14-15-26-27(34)18-20-35(6)28(26)22-29(43-32(38)12-10-2)33(35)36(7,39)30(16-13-23(3)4)44-45(8,40)41/h23-30,33,39H,9-22H2,1-8H3/t24-,25-,26+,27-,28-,29-,30+,33-,34-,35-,36-/m0/s1. The molecule has 1 N–H and O–H groups in total. The Bertz CT molecular complexity index is 1150. The van der Waals surface area contributed by atoms with Gasteiger partial charge in [-0.3, -0.25) is 13.8 Å². The molecule has 11 atom stereocenters. The molecule has 4 fully saturated rings. The fourth-order valence-electron chi connectivity index (χ4n) is 10.7. The van der Waals surface area contributed by atoms with Crippen LogP contribution in [0.4, 0.5) is 0 Å². The van der Waals surface area contributed by atoms with Gasteiger partial charge in [-0.05, 0) is 124 Å². The summed E-state index contributed by atoms with van der Waals surface area (Å²) < 4.78 is 42.8. The van der Waals surface area contributed by atoms with Gasteiger partial charge < -0.3 is 14.6 Å². The highest BCUT2D eigenvalue weighted by Gasteiger charge is 2.67. The molecule has 0 aliphatic heterocycles. The van der Waals surface area contributed by atoms with Crippen LogP contribution in [0.15, 0.2) is 0 Å². The van der Waals surface area contributed by atoms with E-state index in [-0.39, 0.29) is 34.8 Å². The summed E-state index contributed by atoms with van der Waals surface area (Å²) in [7, 11) is -3.84. The summed E-state index contributed by atoms with van der Waals surface area (Å²) in [4.78, 5) is 25.3. The van der Waals surface area contributed by atoms with Crippen LogP contribution >= 0.6 is 0 Å². The van der Waals surface area contributed by atoms with Gasteiger partial charge >= 0.3 is 11.9 Å². The Morgan fingerprint density at radius 2 is 1.51 bits per heavy atom. The number of hydrogen-bond donors (Lipinski definition) is 1. The molecule has 0 amide bonds. The molecule has 4 rings (SSSR count). The van der Waals surface area contributed by atoms with Gasteiger partial charge in [-0.1, -0.05) is 41.5 Å². The Labute approximate surface area is 273 Å². The van der Waals surface area contributed by atoms with Crippen molar-refractivity contribution in [2.24, 2.45) is 46.3 Å². The number of hydrogen-bond acceptors (Lipinski definition) is 8. The lowest BCUT2D eigenvalue weighted by Gasteiger charge is -2.61. The van der Waals surface area contributed by atoms with E-state index in [0.29, 0.717) is 62.2 Å². The molecule has 0 bridgehead atoms. The maximum atomic E-state index is 13.0. The quantitative estimate of drug-likeness (QED) is 0.164. The highest BCUT2D eigenvalue weighted by molar-refractivity contribution is 7.86. The number of ether oxygens (including phenoxy) is 2. The van der Waals surface area contributed by atoms with E-state index in [2.05, 4.69) is 27.7 Å². The average molecular weight is 655 g/mol. The van der Waals surface area contributed by atoms with E-state index in [1.807, 2.05) is 13.8 Å². The van der Waals surface area contributed by atoms with Crippen molar-refractivity contribution in [1.29, 1.82) is 0 Å². The van der Waals surface area contributed by atoms with Gasteiger partial charge in [-0.25, -0.2) is 0 Å². The molecule has 45 heavy (non-hydrogen) atoms. The number of esters is 2. The minimum absolute atomic E-state index is 0.0125. The van der Waals surface area contributed by atoms with Crippen molar-refractivity contribution in [3.05, 3.63) is 0 Å². The van der Waals surface area contributed by atoms with Crippen molar-refractivity contribution in [3.63, 3.8) is 0 Å². The SMILES string of the molecule is CCCC(=O)O[C@H]1CC[C@@]2(C)[C@@H](CC[C@@H]3[C@@H]2CC[C@]2(C)[C@@H]([C@@](C)(O)[C@@H](CCC(C)C)OS(C)(=O)=O)[C@@H](OC(=O)CCC)C[C@@H]32)C1. The van der Waals surface area contributed by atoms with Crippen molar-refractivity contribution in [2.45, 2.75) is 162 Å². The molecule has 4 aliphatic carbocycles. The molecule has 4 saturated carbocycles. The predicted octanol–water partition coefficient (Wildman–Crippen LogP) is 7.21. The van der Waals surface area contributed by atoms with E-state index in [1.54, 1.807) is 6.92 Å². The second kappa shape index (κ2) is 14.1. The number of carbonyl (C=O) groups excluding carboxylic acids is 2. The van der Waals surface area contributed by atoms with Gasteiger partial charge in [0.1, 0.15) is 18.3 Å². The summed E-state index contributed by atoms with van der Waals surface area (Å²) in [5.74, 6) is 1.24. The zero-order chi connectivity index (χ0) is 33.4. The van der Waals surface area contributed by atoms with Crippen molar-refractivity contribution in [2.75, 3.05) is 6.26 Å². The third-order valence-corrected chi connectivity index (χ3v) is 13.3. The Hall–Kier alpha value is -1.19. The third-order valence-electron chi connectivity index (χ3n) is 12.7. The lowest BCUT2D eigenvalue weighted by atomic mass is 9.44. The summed E-state index contributed by atoms with van der Waals surface area (Å²) in [5.41, 5.74) is -1.70. The molecule has 0 radical (unpaired) electrons. The van der Waals surface area contributed by atoms with Crippen LogP contribution in [0.25, 0.3) is 0 Å². The summed E-state index contributed by atoms with van der Waals surface area (Å²) in [6.07, 6.45) is 10.7. The van der Waals surface area contributed by atoms with E-state index in [9.17, 15) is 23.1 Å². The molecule has 4 aliphatic rings. The van der Waals surface area contributed by atoms with Crippen molar-refractivity contribution < 1.29 is 36.8 Å². The predicted molar refractivity (Wildman–Crippen MR) is 175 cm³/mol. The molecule has 0 saturated heterocycles. The lowest BCUT2D eigenvalue weighted by molar-refractivity contribution is -0.185. The molecule has 0 heterocycles. The summed E-state index contributed by atoms with van der Waals surface area (Å²) >= 11 is 0. The fourth-order valence-corrected chi connectivity index (χ4v) is 11.4. The number of fused-ring (bicyclic) bond motifs is 5. The van der Waals surface area contributed by atoms with E-state index in [0.717, 1.165) is 57.6 Å². The molecular formula is C36H62O8S. The Morgan fingerprint density at radius 1 is 0.889 bits per heavy atom. The molecule has 9 heteroatoms. The number of rotatable bonds is 13. The topological polar surface area (TPSA) is 116 Å². The molecular weight excluding hydrogens is 592 g/mol. The first kappa shape index (κ1) is 36.6. The van der Waals surface area contributed by atoms with Crippen LogP contribution < -0.4 is 0 Å². The van der Waals surface area contributed by atoms with E-state index in [1.165, 1.54) is 0 Å². The zero-order valence-electron chi connectivity index (χ0n) is 29.3. The maximum absolute atomic E-state index is 13.0. The van der Waals surface area contributed by atoms with Gasteiger partial charge in [0.15, 0.2) is 0 Å². The first-order valence-corrected chi connectivity index (χ1v) is 19.8. The normalized spacial score (nSPS) is 38.4. The van der Waals surface area contributed by atoms with Crippen LogP contribution in [0.3, 0.4) is 0 Å². The Kier molecular flexibility index (Phi) is 11.5. The number of carbonyl (C=O) groups is 2. The van der Waals surface area contributed by atoms with Crippen LogP contribution in [-0.2, 0) is 33.4 Å². The van der Waals surface area contributed by atoms with Gasteiger partial charge in [0.25, 0.3) is 10.1 Å². The number of aliphatic hydroxyl groups is 1. The van der Waals surface area contributed by atoms with Crippen LogP contribution in [0.1, 0.15) is 138 Å². The fraction of sp³-hybridized carbons (Fsp3) is 0.944. The molecule has 0 aromatic rings. The molecule has 0 spiro atoms. The monoisotopic (exact) mass is 654 g/mol. The molecule has 0 unspecified atom stereocenters. The summed E-state index contributed by atoms with van der Waals surface area (Å²) in [6.45, 7) is 14.6. The molecule has 0 aromatic carbocycles. The van der Waals surface area contributed by atoms with E-state index < -0.39 is 33.8 Å². The zero-order valence-corrected chi connectivity index (χ0v) is 30.1. The van der Waals surface area contributed by atoms with Crippen molar-refractivity contribution in [1.82, 2.24) is 0 Å². The summed E-state index contributed by atoms with van der Waals surface area (Å²) in [5, 5.41) is 12.5. The maximum Gasteiger partial charge on any atom is 0.306 e. The van der Waals surface area contributed by atoms with Gasteiger partial charge in [-0.15, -0.1) is 0 Å². The Balaban J connectivity index is 1.64. The van der Waals surface area contributed by atoms with Crippen LogP contribution in [0.5, 0.6) is 0 Å². The van der Waals surface area contributed by atoms with Crippen molar-refractivity contribution in [3.8, 4) is 0 Å². The minimum atomic E-state index is -3.84. The van der Waals surface area contributed by atoms with Gasteiger partial charge in [0, 0.05) is 18.8 Å². The first-order valence-electron chi connectivity index (χ1n) is 18.0. The minimum Gasteiger partial charge on any atom is -0.462 e. The van der Waals surface area contributed by atoms with Crippen LogP contribution in [-0.4, -0.2) is 55.6 Å². The van der Waals surface area contributed by atoms with E-state index in [4.69, 9.17) is 13.7 Å². The smallest absolute Gasteiger partial charge is 0.306 e. The first-order chi connectivity index (χ1) is 21.0. The van der Waals surface area contributed by atoms with Gasteiger partial charge in [0.2, 0.25) is 0 Å². The second-order valence-electron chi connectivity index (χ2n) is 16.3. The van der Waals surface area contributed by atoms with E-state index >= 15 is 0 Å². The highest BCUT2D eigenvalue weighted by atomic mass is 32.2. The molecule has 0 aromatic heterocycles. The van der Waals surface area contributed by atoms with Gasteiger partial charge in [-0.2, -0.15) is 8.42 Å². The Morgan fingerprint density at radius 3 is 2.11 bits per heavy atom. The van der Waals surface area contributed by atoms with Crippen LogP contribution in [0.2, 0.25) is 0 Å². The second-order valence-corrected chi connectivity index (χ2v) is 17.9. The third kappa shape index (κ3) is 7.77. The highest BCUT2D eigenvalue weighted by Crippen LogP contribution is 2.69. The average Bonchev–Trinajstić information content (AvgIpc) is 3.23. The lowest BCUT2D eigenvalue weighted by Crippen LogP contribution is -2.59. The molecule has 8 nitrogen and oxygen atoms in total. The van der Waals surface area contributed by atoms with Crippen molar-refractivity contribution >= 4 is 22.1 Å².